The number of nitro benzene ring substituents is 1. The van der Waals surface area contributed by atoms with Gasteiger partial charge in [-0.1, -0.05) is 0 Å². The van der Waals surface area contributed by atoms with Gasteiger partial charge in [0, 0.05) is 55.7 Å². The van der Waals surface area contributed by atoms with Gasteiger partial charge in [0.2, 0.25) is 5.91 Å². The number of carbonyl (C=O) groups excluding carboxylic acids is 2. The van der Waals surface area contributed by atoms with Crippen LogP contribution in [0.2, 0.25) is 0 Å². The van der Waals surface area contributed by atoms with E-state index >= 15 is 0 Å². The fraction of sp³-hybridized carbons (Fsp3) is 0.227. The summed E-state index contributed by atoms with van der Waals surface area (Å²) in [7, 11) is 0. The molecule has 0 atom stereocenters. The van der Waals surface area contributed by atoms with Crippen LogP contribution in [-0.2, 0) is 4.79 Å². The van der Waals surface area contributed by atoms with E-state index in [1.54, 1.807) is 28.5 Å². The Morgan fingerprint density at radius 1 is 1.12 bits per heavy atom. The summed E-state index contributed by atoms with van der Waals surface area (Å²) in [4.78, 5) is 43.3. The van der Waals surface area contributed by atoms with Crippen LogP contribution >= 0.6 is 11.3 Å². The minimum atomic E-state index is -0.522. The molecule has 0 aliphatic carbocycles. The van der Waals surface area contributed by atoms with E-state index < -0.39 is 10.8 Å². The summed E-state index contributed by atoms with van der Waals surface area (Å²) in [5.41, 5.74) is 1.66. The zero-order chi connectivity index (χ0) is 23.5. The number of rotatable bonds is 5. The molecule has 2 heterocycles. The first-order valence-electron chi connectivity index (χ1n) is 10.1. The van der Waals surface area contributed by atoms with Crippen LogP contribution in [0.4, 0.5) is 20.9 Å². The van der Waals surface area contributed by atoms with Crippen molar-refractivity contribution in [2.75, 3.05) is 36.4 Å². The summed E-state index contributed by atoms with van der Waals surface area (Å²) >= 11 is 1.20. The van der Waals surface area contributed by atoms with Crippen molar-refractivity contribution in [2.45, 2.75) is 6.92 Å². The van der Waals surface area contributed by atoms with E-state index in [1.807, 2.05) is 4.90 Å². The molecule has 2 aromatic carbocycles. The number of nitro groups is 1. The largest absolute Gasteiger partial charge is 0.362 e. The number of aromatic nitrogens is 1. The maximum Gasteiger partial charge on any atom is 0.293 e. The molecule has 1 aromatic heterocycles. The number of nitrogens with zero attached hydrogens (tertiary/aromatic N) is 4. The first-order chi connectivity index (χ1) is 15.8. The van der Waals surface area contributed by atoms with Crippen molar-refractivity contribution in [1.82, 2.24) is 9.88 Å². The molecule has 0 bridgehead atoms. The van der Waals surface area contributed by atoms with Gasteiger partial charge in [-0.15, -0.1) is 11.3 Å². The van der Waals surface area contributed by atoms with Crippen molar-refractivity contribution in [1.29, 1.82) is 0 Å². The number of thiazole rings is 1. The second-order valence-electron chi connectivity index (χ2n) is 7.45. The van der Waals surface area contributed by atoms with Crippen molar-refractivity contribution in [3.05, 3.63) is 69.3 Å². The van der Waals surface area contributed by atoms with E-state index in [-0.39, 0.29) is 23.0 Å². The summed E-state index contributed by atoms with van der Waals surface area (Å²) in [6, 6.07) is 10.2. The van der Waals surface area contributed by atoms with Crippen molar-refractivity contribution in [3.8, 4) is 11.3 Å². The number of amides is 2. The van der Waals surface area contributed by atoms with Crippen LogP contribution in [-0.4, -0.2) is 52.8 Å². The summed E-state index contributed by atoms with van der Waals surface area (Å²) in [6.45, 7) is 3.40. The summed E-state index contributed by atoms with van der Waals surface area (Å²) < 4.78 is 13.1. The molecule has 0 saturated carbocycles. The number of benzene rings is 2. The third kappa shape index (κ3) is 4.98. The number of nitrogens with one attached hydrogen (secondary N) is 1. The maximum atomic E-state index is 13.1. The Balaban J connectivity index is 1.49. The molecule has 0 radical (unpaired) electrons. The van der Waals surface area contributed by atoms with Crippen molar-refractivity contribution in [3.63, 3.8) is 0 Å². The lowest BCUT2D eigenvalue weighted by molar-refractivity contribution is -0.384. The van der Waals surface area contributed by atoms with Gasteiger partial charge in [0.25, 0.3) is 11.6 Å². The Kier molecular flexibility index (Phi) is 6.31. The van der Waals surface area contributed by atoms with Gasteiger partial charge in [-0.3, -0.25) is 25.0 Å². The van der Waals surface area contributed by atoms with Crippen LogP contribution in [0.5, 0.6) is 0 Å². The van der Waals surface area contributed by atoms with Crippen molar-refractivity contribution >= 4 is 39.7 Å². The van der Waals surface area contributed by atoms with Crippen LogP contribution in [0.25, 0.3) is 11.3 Å². The first-order valence-corrected chi connectivity index (χ1v) is 11.0. The predicted molar refractivity (Wildman–Crippen MR) is 123 cm³/mol. The Hall–Kier alpha value is -3.86. The molecule has 170 valence electrons. The molecule has 11 heteroatoms. The van der Waals surface area contributed by atoms with Gasteiger partial charge in [0.15, 0.2) is 5.13 Å². The van der Waals surface area contributed by atoms with Gasteiger partial charge in [-0.05, 0) is 36.4 Å². The maximum absolute atomic E-state index is 13.1. The zero-order valence-electron chi connectivity index (χ0n) is 17.7. The van der Waals surface area contributed by atoms with E-state index in [2.05, 4.69) is 10.3 Å². The topological polar surface area (TPSA) is 109 Å². The fourth-order valence-corrected chi connectivity index (χ4v) is 4.31. The average Bonchev–Trinajstić information content (AvgIpc) is 3.27. The SMILES string of the molecule is CC(=O)N1CCN(c2ccc(C(=O)Nc3nc(-c4ccc(F)cc4)cs3)cc2[N+](=O)[O-])CC1. The number of hydrogen-bond donors (Lipinski definition) is 1. The van der Waals surface area contributed by atoms with E-state index in [4.69, 9.17) is 0 Å². The third-order valence-electron chi connectivity index (χ3n) is 5.36. The average molecular weight is 469 g/mol. The van der Waals surface area contributed by atoms with E-state index in [1.165, 1.54) is 42.5 Å². The van der Waals surface area contributed by atoms with Crippen LogP contribution in [0, 0.1) is 15.9 Å². The second-order valence-corrected chi connectivity index (χ2v) is 8.31. The second kappa shape index (κ2) is 9.33. The van der Waals surface area contributed by atoms with Crippen molar-refractivity contribution < 1.29 is 18.9 Å². The Morgan fingerprint density at radius 2 is 1.82 bits per heavy atom. The van der Waals surface area contributed by atoms with Gasteiger partial charge < -0.3 is 9.80 Å². The number of halogens is 1. The quantitative estimate of drug-likeness (QED) is 0.450. The summed E-state index contributed by atoms with van der Waals surface area (Å²) in [5, 5.41) is 16.4. The predicted octanol–water partition coefficient (Wildman–Crippen LogP) is 3.78. The monoisotopic (exact) mass is 469 g/mol. The number of anilines is 2. The lowest BCUT2D eigenvalue weighted by Crippen LogP contribution is -2.48. The molecule has 1 saturated heterocycles. The number of hydrogen-bond acceptors (Lipinski definition) is 7. The molecular formula is C22H20FN5O4S. The van der Waals surface area contributed by atoms with Gasteiger partial charge in [-0.25, -0.2) is 9.37 Å². The fourth-order valence-electron chi connectivity index (χ4n) is 3.59. The highest BCUT2D eigenvalue weighted by Gasteiger charge is 2.26. The smallest absolute Gasteiger partial charge is 0.293 e. The molecule has 0 unspecified atom stereocenters. The van der Waals surface area contributed by atoms with Crippen LogP contribution < -0.4 is 10.2 Å². The normalized spacial score (nSPS) is 13.6. The zero-order valence-corrected chi connectivity index (χ0v) is 18.5. The molecule has 0 spiro atoms. The van der Waals surface area contributed by atoms with E-state index in [0.29, 0.717) is 48.3 Å². The van der Waals surface area contributed by atoms with Gasteiger partial charge in [-0.2, -0.15) is 0 Å². The highest BCUT2D eigenvalue weighted by atomic mass is 32.1. The molecule has 1 fully saturated rings. The Labute approximate surface area is 192 Å². The number of piperazine rings is 1. The van der Waals surface area contributed by atoms with Crippen LogP contribution in [0.1, 0.15) is 17.3 Å². The highest BCUT2D eigenvalue weighted by molar-refractivity contribution is 7.14. The summed E-state index contributed by atoms with van der Waals surface area (Å²) in [6.07, 6.45) is 0. The minimum absolute atomic E-state index is 0.0269. The molecule has 1 N–H and O–H groups in total. The van der Waals surface area contributed by atoms with Gasteiger partial charge in [0.1, 0.15) is 11.5 Å². The molecule has 2 amide bonds. The van der Waals surface area contributed by atoms with E-state index in [0.717, 1.165) is 0 Å². The lowest BCUT2D eigenvalue weighted by atomic mass is 10.1. The number of carbonyl (C=O) groups is 2. The first kappa shape index (κ1) is 22.3. The third-order valence-corrected chi connectivity index (χ3v) is 6.12. The molecule has 1 aliphatic rings. The molecule has 3 aromatic rings. The van der Waals surface area contributed by atoms with Gasteiger partial charge >= 0.3 is 0 Å². The van der Waals surface area contributed by atoms with Crippen LogP contribution in [0.15, 0.2) is 47.8 Å². The van der Waals surface area contributed by atoms with Crippen LogP contribution in [0.3, 0.4) is 0 Å². The highest BCUT2D eigenvalue weighted by Crippen LogP contribution is 2.31. The molecule has 9 nitrogen and oxygen atoms in total. The lowest BCUT2D eigenvalue weighted by Gasteiger charge is -2.35. The Bertz CT molecular complexity index is 1210. The molecule has 1 aliphatic heterocycles. The summed E-state index contributed by atoms with van der Waals surface area (Å²) in [5.74, 6) is -0.903. The Morgan fingerprint density at radius 3 is 2.45 bits per heavy atom. The van der Waals surface area contributed by atoms with E-state index in [9.17, 15) is 24.1 Å². The standard InChI is InChI=1S/C22H20FN5O4S/c1-14(29)26-8-10-27(11-9-26)19-7-4-16(12-20(19)28(31)32)21(30)25-22-24-18(13-33-22)15-2-5-17(23)6-3-15/h2-7,12-13H,8-11H2,1H3,(H,24,25,30). The van der Waals surface area contributed by atoms with Crippen molar-refractivity contribution in [2.24, 2.45) is 0 Å². The van der Waals surface area contributed by atoms with Gasteiger partial charge in [0.05, 0.1) is 10.6 Å². The molecule has 4 rings (SSSR count). The molecular weight excluding hydrogens is 449 g/mol. The minimum Gasteiger partial charge on any atom is -0.362 e. The molecule has 33 heavy (non-hydrogen) atoms.